The van der Waals surface area contributed by atoms with Crippen LogP contribution < -0.4 is 10.7 Å². The van der Waals surface area contributed by atoms with Gasteiger partial charge in [-0.15, -0.1) is 0 Å². The Balaban J connectivity index is 1.88. The Kier molecular flexibility index (Phi) is 4.55. The van der Waals surface area contributed by atoms with Gasteiger partial charge in [0.05, 0.1) is 11.3 Å². The van der Waals surface area contributed by atoms with E-state index in [1.54, 1.807) is 19.1 Å². The molecule has 0 aliphatic rings. The van der Waals surface area contributed by atoms with E-state index in [1.165, 1.54) is 23.0 Å². The molecule has 0 saturated heterocycles. The second-order valence-electron chi connectivity index (χ2n) is 6.35. The van der Waals surface area contributed by atoms with Crippen molar-refractivity contribution >= 4 is 23.1 Å². The van der Waals surface area contributed by atoms with Crippen LogP contribution in [-0.2, 0) is 0 Å². The summed E-state index contributed by atoms with van der Waals surface area (Å²) in [5, 5.41) is 14.7. The van der Waals surface area contributed by atoms with E-state index in [-0.39, 0.29) is 28.3 Å². The van der Waals surface area contributed by atoms with Crippen molar-refractivity contribution in [3.63, 3.8) is 0 Å². The summed E-state index contributed by atoms with van der Waals surface area (Å²) in [4.78, 5) is 37.4. The molecule has 0 aliphatic heterocycles. The smallest absolute Gasteiger partial charge is 0.298 e. The van der Waals surface area contributed by atoms with E-state index in [9.17, 15) is 14.9 Å². The number of anilines is 1. The van der Waals surface area contributed by atoms with Gasteiger partial charge in [-0.1, -0.05) is 41.9 Å². The first-order valence-corrected chi connectivity index (χ1v) is 8.78. The molecule has 4 rings (SSSR count). The van der Waals surface area contributed by atoms with Gasteiger partial charge in [-0.25, -0.2) is 4.52 Å². The number of carbonyl (C=O) groups is 1. The highest BCUT2D eigenvalue weighted by Gasteiger charge is 2.25. The third-order valence-corrected chi connectivity index (χ3v) is 4.51. The lowest BCUT2D eigenvalue weighted by Gasteiger charge is -2.09. The average Bonchev–Trinajstić information content (AvgIpc) is 3.13. The van der Waals surface area contributed by atoms with Gasteiger partial charge in [-0.2, -0.15) is 5.26 Å². The van der Waals surface area contributed by atoms with Crippen molar-refractivity contribution in [3.8, 4) is 17.3 Å². The van der Waals surface area contributed by atoms with Crippen molar-refractivity contribution in [3.05, 3.63) is 87.3 Å². The summed E-state index contributed by atoms with van der Waals surface area (Å²) in [7, 11) is 0. The highest BCUT2D eigenvalue weighted by atomic mass is 16.2. The standard InChI is InChI=1S/C21H13N7O2/c1-12-16(21(30)25-15-8-9-24-11-14(15)10-22)18(29)20-26-19(23-2)17(28(20)27-12)13-6-4-3-5-7-13/h3-9,11,27H,1H3,(H,24,25,30). The number of benzene rings is 1. The third-order valence-electron chi connectivity index (χ3n) is 4.51. The Hall–Kier alpha value is -4.76. The topological polar surface area (TPSA) is 120 Å². The van der Waals surface area contributed by atoms with Crippen molar-refractivity contribution < 1.29 is 4.79 Å². The minimum absolute atomic E-state index is 0.0485. The van der Waals surface area contributed by atoms with Crippen LogP contribution in [-0.4, -0.2) is 25.5 Å². The lowest BCUT2D eigenvalue weighted by molar-refractivity contribution is 0.102. The predicted molar refractivity (Wildman–Crippen MR) is 109 cm³/mol. The summed E-state index contributed by atoms with van der Waals surface area (Å²) in [5.41, 5.74) is 1.02. The number of amides is 1. The van der Waals surface area contributed by atoms with Crippen LogP contribution in [0.1, 0.15) is 21.6 Å². The van der Waals surface area contributed by atoms with Crippen LogP contribution in [0.2, 0.25) is 0 Å². The number of nitriles is 1. The fraction of sp³-hybridized carbons (Fsp3) is 0.0476. The molecule has 0 atom stereocenters. The summed E-state index contributed by atoms with van der Waals surface area (Å²) >= 11 is 0. The molecular formula is C21H13N7O2. The highest BCUT2D eigenvalue weighted by Crippen LogP contribution is 2.29. The number of aromatic nitrogens is 4. The zero-order valence-corrected chi connectivity index (χ0v) is 15.7. The van der Waals surface area contributed by atoms with Gasteiger partial charge in [0.2, 0.25) is 0 Å². The number of aryl methyl sites for hydroxylation is 1. The van der Waals surface area contributed by atoms with Gasteiger partial charge < -0.3 is 10.2 Å². The minimum Gasteiger partial charge on any atom is -0.359 e. The van der Waals surface area contributed by atoms with Crippen molar-refractivity contribution in [1.82, 2.24) is 19.6 Å². The zero-order valence-electron chi connectivity index (χ0n) is 15.7. The summed E-state index contributed by atoms with van der Waals surface area (Å²) in [6.07, 6.45) is 2.75. The average molecular weight is 395 g/mol. The van der Waals surface area contributed by atoms with E-state index in [0.717, 1.165) is 0 Å². The molecule has 1 aromatic carbocycles. The number of nitrogens with one attached hydrogen (secondary N) is 2. The number of aromatic amines is 1. The molecule has 144 valence electrons. The van der Waals surface area contributed by atoms with E-state index in [0.29, 0.717) is 17.0 Å². The number of fused-ring (bicyclic) bond motifs is 1. The monoisotopic (exact) mass is 395 g/mol. The van der Waals surface area contributed by atoms with Gasteiger partial charge in [0.1, 0.15) is 17.3 Å². The zero-order chi connectivity index (χ0) is 21.3. The molecule has 2 N–H and O–H groups in total. The number of nitrogens with zero attached hydrogens (tertiary/aromatic N) is 5. The van der Waals surface area contributed by atoms with Gasteiger partial charge in [0.15, 0.2) is 0 Å². The van der Waals surface area contributed by atoms with Gasteiger partial charge in [0, 0.05) is 18.1 Å². The SMILES string of the molecule is [C-]#[N+]c1nc2c(=O)c(C(=O)Nc3ccncc3C#N)c(C)[nH]n2c1-c1ccccc1. The number of hydrogen-bond donors (Lipinski definition) is 2. The molecule has 0 unspecified atom stereocenters. The summed E-state index contributed by atoms with van der Waals surface area (Å²) < 4.78 is 1.42. The minimum atomic E-state index is -0.687. The number of hydrogen-bond acceptors (Lipinski definition) is 5. The first kappa shape index (κ1) is 18.6. The van der Waals surface area contributed by atoms with Crippen molar-refractivity contribution in [2.24, 2.45) is 0 Å². The van der Waals surface area contributed by atoms with Crippen molar-refractivity contribution in [1.29, 1.82) is 5.26 Å². The molecule has 4 aromatic rings. The molecule has 9 nitrogen and oxygen atoms in total. The molecule has 0 aliphatic carbocycles. The van der Waals surface area contributed by atoms with Crippen LogP contribution in [0.4, 0.5) is 11.5 Å². The molecule has 0 bridgehead atoms. The van der Waals surface area contributed by atoms with Crippen LogP contribution in [0.3, 0.4) is 0 Å². The highest BCUT2D eigenvalue weighted by molar-refractivity contribution is 6.06. The second kappa shape index (κ2) is 7.34. The Labute approximate surface area is 170 Å². The quantitative estimate of drug-likeness (QED) is 0.517. The van der Waals surface area contributed by atoms with Crippen LogP contribution >= 0.6 is 0 Å². The van der Waals surface area contributed by atoms with Gasteiger partial charge in [0.25, 0.3) is 22.8 Å². The van der Waals surface area contributed by atoms with E-state index in [1.807, 2.05) is 24.3 Å². The predicted octanol–water partition coefficient (Wildman–Crippen LogP) is 3.07. The molecule has 9 heteroatoms. The summed E-state index contributed by atoms with van der Waals surface area (Å²) in [5.74, 6) is -0.639. The molecular weight excluding hydrogens is 382 g/mol. The summed E-state index contributed by atoms with van der Waals surface area (Å²) in [6.45, 7) is 9.02. The van der Waals surface area contributed by atoms with Crippen molar-refractivity contribution in [2.75, 3.05) is 5.32 Å². The Morgan fingerprint density at radius 2 is 2.07 bits per heavy atom. The van der Waals surface area contributed by atoms with Crippen LogP contribution in [0.25, 0.3) is 21.7 Å². The second-order valence-corrected chi connectivity index (χ2v) is 6.35. The Morgan fingerprint density at radius 1 is 1.30 bits per heavy atom. The van der Waals surface area contributed by atoms with E-state index < -0.39 is 11.3 Å². The molecule has 1 amide bonds. The summed E-state index contributed by atoms with van der Waals surface area (Å²) in [6, 6.07) is 12.5. The van der Waals surface area contributed by atoms with E-state index in [4.69, 9.17) is 6.57 Å². The lowest BCUT2D eigenvalue weighted by atomic mass is 10.1. The molecule has 0 spiro atoms. The van der Waals surface area contributed by atoms with Gasteiger partial charge in [-0.05, 0) is 18.6 Å². The molecule has 0 radical (unpaired) electrons. The maximum atomic E-state index is 13.1. The molecule has 0 saturated carbocycles. The Bertz CT molecular complexity index is 1440. The molecule has 3 heterocycles. The Morgan fingerprint density at radius 3 is 2.77 bits per heavy atom. The normalized spacial score (nSPS) is 10.4. The van der Waals surface area contributed by atoms with Crippen LogP contribution in [0.15, 0.2) is 53.6 Å². The molecule has 3 aromatic heterocycles. The van der Waals surface area contributed by atoms with Gasteiger partial charge >= 0.3 is 0 Å². The maximum Gasteiger partial charge on any atom is 0.298 e. The maximum absolute atomic E-state index is 13.1. The largest absolute Gasteiger partial charge is 0.359 e. The first-order valence-electron chi connectivity index (χ1n) is 8.78. The van der Waals surface area contributed by atoms with E-state index >= 15 is 0 Å². The lowest BCUT2D eigenvalue weighted by Crippen LogP contribution is -2.26. The van der Waals surface area contributed by atoms with E-state index in [2.05, 4.69) is 25.2 Å². The number of imidazole rings is 1. The van der Waals surface area contributed by atoms with Gasteiger partial charge in [-0.3, -0.25) is 19.7 Å². The van der Waals surface area contributed by atoms with Crippen LogP contribution in [0.5, 0.6) is 0 Å². The fourth-order valence-electron chi connectivity index (χ4n) is 3.16. The fourth-order valence-corrected chi connectivity index (χ4v) is 3.16. The number of rotatable bonds is 3. The number of H-pyrrole nitrogens is 1. The third kappa shape index (κ3) is 2.97. The molecule has 30 heavy (non-hydrogen) atoms. The number of carbonyl (C=O) groups excluding carboxylic acids is 1. The van der Waals surface area contributed by atoms with Crippen LogP contribution in [0, 0.1) is 24.8 Å². The molecule has 0 fully saturated rings. The first-order chi connectivity index (χ1) is 14.5. The number of pyridine rings is 1. The van der Waals surface area contributed by atoms with Crippen molar-refractivity contribution in [2.45, 2.75) is 6.92 Å².